The number of nitrogens with one attached hydrogen (secondary N) is 1. The van der Waals surface area contributed by atoms with Crippen LogP contribution < -0.4 is 4.72 Å². The van der Waals surface area contributed by atoms with Crippen molar-refractivity contribution in [1.29, 1.82) is 0 Å². The van der Waals surface area contributed by atoms with Crippen molar-refractivity contribution >= 4 is 19.9 Å². The quantitative estimate of drug-likeness (QED) is 0.781. The highest BCUT2D eigenvalue weighted by Gasteiger charge is 2.30. The predicted molar refractivity (Wildman–Crippen MR) is 86.4 cm³/mol. The third kappa shape index (κ3) is 4.19. The van der Waals surface area contributed by atoms with Gasteiger partial charge in [-0.1, -0.05) is 43.6 Å². The number of sulfone groups is 1. The Hall–Kier alpha value is -1.78. The highest BCUT2D eigenvalue weighted by atomic mass is 32.2. The highest BCUT2D eigenvalue weighted by molar-refractivity contribution is 7.90. The molecule has 1 aromatic heterocycles. The molecule has 2 rings (SSSR count). The van der Waals surface area contributed by atoms with E-state index in [0.29, 0.717) is 6.42 Å². The molecule has 0 unspecified atom stereocenters. The van der Waals surface area contributed by atoms with Crippen LogP contribution in [0.25, 0.3) is 0 Å². The van der Waals surface area contributed by atoms with Crippen LogP contribution in [0.1, 0.15) is 32.2 Å². The molecule has 0 aliphatic heterocycles. The van der Waals surface area contributed by atoms with Gasteiger partial charge in [-0.15, -0.1) is 5.10 Å². The average Bonchev–Trinajstić information content (AvgIpc) is 3.03. The zero-order valence-electron chi connectivity index (χ0n) is 13.5. The lowest BCUT2D eigenvalue weighted by atomic mass is 10.0. The van der Waals surface area contributed by atoms with Crippen molar-refractivity contribution in [2.75, 3.05) is 6.26 Å². The molecule has 1 aromatic carbocycles. The Morgan fingerprint density at radius 3 is 2.25 bits per heavy atom. The highest BCUT2D eigenvalue weighted by Crippen LogP contribution is 2.26. The lowest BCUT2D eigenvalue weighted by Gasteiger charge is -2.20. The molecule has 10 heteroatoms. The molecule has 24 heavy (non-hydrogen) atoms. The van der Waals surface area contributed by atoms with Crippen molar-refractivity contribution in [3.05, 3.63) is 36.2 Å². The second-order valence-electron chi connectivity index (χ2n) is 5.48. The average molecular weight is 373 g/mol. The fourth-order valence-corrected chi connectivity index (χ4v) is 3.72. The van der Waals surface area contributed by atoms with Crippen LogP contribution >= 0.6 is 0 Å². The number of hydrogen-bond donors (Lipinski definition) is 1. The van der Waals surface area contributed by atoms with Crippen LogP contribution in [0.2, 0.25) is 0 Å². The van der Waals surface area contributed by atoms with Gasteiger partial charge < -0.3 is 4.42 Å². The zero-order chi connectivity index (χ0) is 18.0. The van der Waals surface area contributed by atoms with Crippen LogP contribution in [0.5, 0.6) is 0 Å². The van der Waals surface area contributed by atoms with Crippen molar-refractivity contribution in [2.45, 2.75) is 36.4 Å². The van der Waals surface area contributed by atoms with Gasteiger partial charge in [0.1, 0.15) is 6.04 Å². The largest absolute Gasteiger partial charge is 0.411 e. The summed E-state index contributed by atoms with van der Waals surface area (Å²) in [6, 6.07) is 7.03. The molecule has 0 bridgehead atoms. The Bertz CT molecular complexity index is 892. The minimum atomic E-state index is -3.82. The third-order valence-electron chi connectivity index (χ3n) is 3.55. The normalized spacial score (nSPS) is 15.1. The van der Waals surface area contributed by atoms with Crippen LogP contribution in [-0.4, -0.2) is 33.3 Å². The number of nitrogens with zero attached hydrogens (tertiary/aromatic N) is 2. The summed E-state index contributed by atoms with van der Waals surface area (Å²) in [6.45, 7) is 3.69. The maximum atomic E-state index is 12.5. The van der Waals surface area contributed by atoms with Gasteiger partial charge in [-0.3, -0.25) is 0 Å². The van der Waals surface area contributed by atoms with Gasteiger partial charge >= 0.3 is 5.22 Å². The molecular weight excluding hydrogens is 354 g/mol. The maximum Gasteiger partial charge on any atom is 0.335 e. The predicted octanol–water partition coefficient (Wildman–Crippen LogP) is 1.54. The molecule has 2 atom stereocenters. The Morgan fingerprint density at radius 1 is 1.12 bits per heavy atom. The maximum absolute atomic E-state index is 12.5. The van der Waals surface area contributed by atoms with Gasteiger partial charge in [-0.2, -0.15) is 4.72 Å². The van der Waals surface area contributed by atoms with Gasteiger partial charge in [0.05, 0.1) is 4.90 Å². The molecule has 1 heterocycles. The molecule has 2 aromatic rings. The van der Waals surface area contributed by atoms with Gasteiger partial charge in [0.15, 0.2) is 0 Å². The standard InChI is InChI=1S/C14H19N3O5S2/c1-4-10(2)12(13-15-16-14(22-13)23(3,18)19)17-24(20,21)11-8-6-5-7-9-11/h5-10,12,17H,4H2,1-3H3/t10-,12+/m1/s1. The van der Waals surface area contributed by atoms with E-state index < -0.39 is 31.1 Å². The van der Waals surface area contributed by atoms with Gasteiger partial charge in [-0.05, 0) is 18.1 Å². The van der Waals surface area contributed by atoms with Gasteiger partial charge in [0, 0.05) is 6.26 Å². The van der Waals surface area contributed by atoms with E-state index in [0.717, 1.165) is 6.26 Å². The molecular formula is C14H19N3O5S2. The van der Waals surface area contributed by atoms with E-state index in [1.807, 2.05) is 13.8 Å². The molecule has 8 nitrogen and oxygen atoms in total. The van der Waals surface area contributed by atoms with E-state index >= 15 is 0 Å². The number of benzene rings is 1. The van der Waals surface area contributed by atoms with E-state index in [9.17, 15) is 16.8 Å². The molecule has 0 aliphatic carbocycles. The second-order valence-corrected chi connectivity index (χ2v) is 9.08. The summed E-state index contributed by atoms with van der Waals surface area (Å²) in [7, 11) is -7.48. The topological polar surface area (TPSA) is 119 Å². The van der Waals surface area contributed by atoms with E-state index in [1.165, 1.54) is 12.1 Å². The molecule has 0 amide bonds. The number of rotatable bonds is 7. The summed E-state index contributed by atoms with van der Waals surface area (Å²) in [5.74, 6) is -0.263. The first-order valence-electron chi connectivity index (χ1n) is 7.26. The van der Waals surface area contributed by atoms with E-state index in [-0.39, 0.29) is 16.7 Å². The second kappa shape index (κ2) is 6.99. The smallest absolute Gasteiger partial charge is 0.335 e. The van der Waals surface area contributed by atoms with Crippen molar-refractivity contribution in [3.63, 3.8) is 0 Å². The fourth-order valence-electron chi connectivity index (χ4n) is 1.98. The Labute approximate surface area is 141 Å². The van der Waals surface area contributed by atoms with Crippen molar-refractivity contribution in [2.24, 2.45) is 5.92 Å². The molecule has 0 saturated carbocycles. The first-order chi connectivity index (χ1) is 11.1. The third-order valence-corrected chi connectivity index (χ3v) is 5.81. The summed E-state index contributed by atoms with van der Waals surface area (Å²) in [4.78, 5) is 0.0983. The monoisotopic (exact) mass is 373 g/mol. The van der Waals surface area contributed by atoms with Gasteiger partial charge in [0.2, 0.25) is 25.8 Å². The first kappa shape index (κ1) is 18.6. The van der Waals surface area contributed by atoms with Crippen LogP contribution in [0.4, 0.5) is 0 Å². The molecule has 0 saturated heterocycles. The van der Waals surface area contributed by atoms with Crippen molar-refractivity contribution in [1.82, 2.24) is 14.9 Å². The minimum absolute atomic E-state index is 0.0794. The molecule has 1 N–H and O–H groups in total. The molecule has 0 spiro atoms. The summed E-state index contributed by atoms with van der Waals surface area (Å²) < 4.78 is 55.7. The SMILES string of the molecule is CC[C@@H](C)[C@H](NS(=O)(=O)c1ccccc1)c1nnc(S(C)(=O)=O)o1. The number of hydrogen-bond acceptors (Lipinski definition) is 7. The zero-order valence-corrected chi connectivity index (χ0v) is 15.1. The van der Waals surface area contributed by atoms with Crippen molar-refractivity contribution in [3.8, 4) is 0 Å². The van der Waals surface area contributed by atoms with Gasteiger partial charge in [0.25, 0.3) is 0 Å². The molecule has 0 aliphatic rings. The van der Waals surface area contributed by atoms with Crippen molar-refractivity contribution < 1.29 is 21.3 Å². The van der Waals surface area contributed by atoms with E-state index in [2.05, 4.69) is 14.9 Å². The minimum Gasteiger partial charge on any atom is -0.411 e. The molecule has 132 valence electrons. The van der Waals surface area contributed by atoms with E-state index in [1.54, 1.807) is 18.2 Å². The molecule has 0 fully saturated rings. The number of sulfonamides is 1. The lowest BCUT2D eigenvalue weighted by molar-refractivity contribution is 0.312. The fraction of sp³-hybridized carbons (Fsp3) is 0.429. The summed E-state index contributed by atoms with van der Waals surface area (Å²) in [6.07, 6.45) is 1.56. The Balaban J connectivity index is 2.38. The van der Waals surface area contributed by atoms with E-state index in [4.69, 9.17) is 4.42 Å². The van der Waals surface area contributed by atoms with Crippen LogP contribution in [0, 0.1) is 5.92 Å². The summed E-state index contributed by atoms with van der Waals surface area (Å²) >= 11 is 0. The van der Waals surface area contributed by atoms with Gasteiger partial charge in [-0.25, -0.2) is 16.8 Å². The Kier molecular flexibility index (Phi) is 5.41. The lowest BCUT2D eigenvalue weighted by Crippen LogP contribution is -2.32. The number of aromatic nitrogens is 2. The van der Waals surface area contributed by atoms with Crippen LogP contribution in [0.15, 0.2) is 44.9 Å². The summed E-state index contributed by atoms with van der Waals surface area (Å²) in [5, 5.41) is 6.66. The summed E-state index contributed by atoms with van der Waals surface area (Å²) in [5.41, 5.74) is 0. The van der Waals surface area contributed by atoms with Crippen LogP contribution in [-0.2, 0) is 19.9 Å². The first-order valence-corrected chi connectivity index (χ1v) is 10.6. The Morgan fingerprint density at radius 2 is 1.75 bits per heavy atom. The molecule has 0 radical (unpaired) electrons. The van der Waals surface area contributed by atoms with Crippen LogP contribution in [0.3, 0.4) is 0 Å².